The van der Waals surface area contributed by atoms with E-state index in [9.17, 15) is 0 Å². The Morgan fingerprint density at radius 1 is 0.964 bits per heavy atom. The SMILES string of the molecule is C#Cc1ccc(Nc2ncnc3cc(OCCO)c(OCCO)cc23)cc1.Cl. The monoisotopic (exact) mass is 401 g/mol. The Hall–Kier alpha value is -3.05. The molecular weight excluding hydrogens is 382 g/mol. The van der Waals surface area contributed by atoms with E-state index in [1.165, 1.54) is 6.33 Å². The molecule has 3 rings (SSSR count). The van der Waals surface area contributed by atoms with E-state index >= 15 is 0 Å². The molecule has 2 aromatic carbocycles. The number of nitrogens with zero attached hydrogens (tertiary/aromatic N) is 2. The minimum atomic E-state index is -0.130. The molecule has 0 fully saturated rings. The molecule has 3 aromatic rings. The zero-order valence-corrected chi connectivity index (χ0v) is 15.8. The van der Waals surface area contributed by atoms with Crippen molar-refractivity contribution in [2.75, 3.05) is 31.7 Å². The molecular formula is C20H20ClN3O4. The summed E-state index contributed by atoms with van der Waals surface area (Å²) < 4.78 is 11.1. The lowest BCUT2D eigenvalue weighted by Gasteiger charge is -2.14. The Kier molecular flexibility index (Phi) is 7.84. The molecule has 0 atom stereocenters. The molecule has 0 amide bonds. The molecule has 146 valence electrons. The van der Waals surface area contributed by atoms with E-state index in [0.717, 1.165) is 16.6 Å². The third-order valence-corrected chi connectivity index (χ3v) is 3.71. The number of benzene rings is 2. The quantitative estimate of drug-likeness (QED) is 0.499. The molecule has 0 bridgehead atoms. The van der Waals surface area contributed by atoms with Crippen LogP contribution in [-0.2, 0) is 0 Å². The average Bonchev–Trinajstić information content (AvgIpc) is 2.71. The summed E-state index contributed by atoms with van der Waals surface area (Å²) in [5.74, 6) is 4.04. The zero-order valence-electron chi connectivity index (χ0n) is 15.0. The van der Waals surface area contributed by atoms with Crippen LogP contribution in [0.3, 0.4) is 0 Å². The molecule has 7 nitrogen and oxygen atoms in total. The van der Waals surface area contributed by atoms with Gasteiger partial charge in [-0.3, -0.25) is 0 Å². The highest BCUT2D eigenvalue weighted by Crippen LogP contribution is 2.35. The third-order valence-electron chi connectivity index (χ3n) is 3.71. The van der Waals surface area contributed by atoms with Gasteiger partial charge in [-0.1, -0.05) is 5.92 Å². The Bertz CT molecular complexity index is 958. The van der Waals surface area contributed by atoms with Crippen molar-refractivity contribution in [3.8, 4) is 23.8 Å². The number of aliphatic hydroxyl groups excluding tert-OH is 2. The van der Waals surface area contributed by atoms with Gasteiger partial charge >= 0.3 is 0 Å². The number of aromatic nitrogens is 2. The van der Waals surface area contributed by atoms with E-state index in [1.807, 2.05) is 24.3 Å². The number of hydrogen-bond donors (Lipinski definition) is 3. The first-order chi connectivity index (χ1) is 13.2. The maximum Gasteiger partial charge on any atom is 0.163 e. The van der Waals surface area contributed by atoms with Gasteiger partial charge in [-0.05, 0) is 30.3 Å². The number of anilines is 2. The molecule has 3 N–H and O–H groups in total. The lowest BCUT2D eigenvalue weighted by Crippen LogP contribution is -2.07. The first-order valence-electron chi connectivity index (χ1n) is 8.35. The normalized spacial score (nSPS) is 10.0. The summed E-state index contributed by atoms with van der Waals surface area (Å²) in [6.45, 7) is -0.0131. The average molecular weight is 402 g/mol. The van der Waals surface area contributed by atoms with Crippen molar-refractivity contribution in [3.05, 3.63) is 48.3 Å². The highest BCUT2D eigenvalue weighted by molar-refractivity contribution is 5.93. The molecule has 1 aromatic heterocycles. The molecule has 0 unspecified atom stereocenters. The van der Waals surface area contributed by atoms with E-state index in [-0.39, 0.29) is 38.8 Å². The molecule has 0 saturated carbocycles. The van der Waals surface area contributed by atoms with Crippen molar-refractivity contribution in [3.63, 3.8) is 0 Å². The lowest BCUT2D eigenvalue weighted by atomic mass is 10.2. The molecule has 0 aliphatic rings. The highest BCUT2D eigenvalue weighted by Gasteiger charge is 2.12. The second-order valence-electron chi connectivity index (χ2n) is 5.53. The van der Waals surface area contributed by atoms with E-state index < -0.39 is 0 Å². The molecule has 0 radical (unpaired) electrons. The second-order valence-corrected chi connectivity index (χ2v) is 5.53. The Morgan fingerprint density at radius 2 is 1.61 bits per heavy atom. The molecule has 0 saturated heterocycles. The van der Waals surface area contributed by atoms with Crippen molar-refractivity contribution in [2.24, 2.45) is 0 Å². The van der Waals surface area contributed by atoms with Gasteiger partial charge in [0.1, 0.15) is 25.4 Å². The largest absolute Gasteiger partial charge is 0.487 e. The fourth-order valence-electron chi connectivity index (χ4n) is 2.49. The minimum Gasteiger partial charge on any atom is -0.487 e. The van der Waals surface area contributed by atoms with E-state index in [2.05, 4.69) is 21.2 Å². The topological polar surface area (TPSA) is 96.7 Å². The first kappa shape index (κ1) is 21.3. The van der Waals surface area contributed by atoms with Gasteiger partial charge in [-0.2, -0.15) is 0 Å². The number of fused-ring (bicyclic) bond motifs is 1. The number of nitrogens with one attached hydrogen (secondary N) is 1. The number of terminal acetylenes is 1. The number of halogens is 1. The van der Waals surface area contributed by atoms with Crippen molar-refractivity contribution in [1.82, 2.24) is 9.97 Å². The van der Waals surface area contributed by atoms with Crippen LogP contribution in [0, 0.1) is 12.3 Å². The van der Waals surface area contributed by atoms with Gasteiger partial charge in [0.25, 0.3) is 0 Å². The molecule has 0 aliphatic carbocycles. The van der Waals surface area contributed by atoms with Crippen LogP contribution < -0.4 is 14.8 Å². The van der Waals surface area contributed by atoms with E-state index in [4.69, 9.17) is 26.1 Å². The van der Waals surface area contributed by atoms with Gasteiger partial charge in [0, 0.05) is 22.7 Å². The third kappa shape index (κ3) is 5.02. The number of rotatable bonds is 8. The number of aliphatic hydroxyl groups is 2. The predicted molar refractivity (Wildman–Crippen MR) is 110 cm³/mol. The zero-order chi connectivity index (χ0) is 19.1. The van der Waals surface area contributed by atoms with Gasteiger partial charge < -0.3 is 25.0 Å². The van der Waals surface area contributed by atoms with Crippen molar-refractivity contribution in [2.45, 2.75) is 0 Å². The smallest absolute Gasteiger partial charge is 0.163 e. The van der Waals surface area contributed by atoms with Crippen molar-refractivity contribution < 1.29 is 19.7 Å². The Morgan fingerprint density at radius 3 is 2.21 bits per heavy atom. The predicted octanol–water partition coefficient (Wildman–Crippen LogP) is 2.52. The molecule has 1 heterocycles. The Labute approximate surface area is 168 Å². The van der Waals surface area contributed by atoms with Crippen molar-refractivity contribution >= 4 is 34.8 Å². The van der Waals surface area contributed by atoms with E-state index in [1.54, 1.807) is 12.1 Å². The maximum absolute atomic E-state index is 9.04. The Balaban J connectivity index is 0.00000280. The van der Waals surface area contributed by atoms with E-state index in [0.29, 0.717) is 22.8 Å². The summed E-state index contributed by atoms with van der Waals surface area (Å²) in [6.07, 6.45) is 6.83. The van der Waals surface area contributed by atoms with Crippen molar-refractivity contribution in [1.29, 1.82) is 0 Å². The van der Waals surface area contributed by atoms with Crippen LogP contribution in [0.4, 0.5) is 11.5 Å². The van der Waals surface area contributed by atoms with Crippen LogP contribution in [0.25, 0.3) is 10.9 Å². The van der Waals surface area contributed by atoms with Crippen LogP contribution in [-0.4, -0.2) is 46.6 Å². The number of ether oxygens (including phenoxy) is 2. The first-order valence-corrected chi connectivity index (χ1v) is 8.35. The molecule has 28 heavy (non-hydrogen) atoms. The minimum absolute atomic E-state index is 0. The fourth-order valence-corrected chi connectivity index (χ4v) is 2.49. The van der Waals surface area contributed by atoms with Crippen LogP contribution in [0.15, 0.2) is 42.7 Å². The van der Waals surface area contributed by atoms with Gasteiger partial charge in [0.2, 0.25) is 0 Å². The van der Waals surface area contributed by atoms with Gasteiger partial charge in [0.15, 0.2) is 11.5 Å². The summed E-state index contributed by atoms with van der Waals surface area (Å²) in [5.41, 5.74) is 2.27. The summed E-state index contributed by atoms with van der Waals surface area (Å²) in [5, 5.41) is 22.0. The summed E-state index contributed by atoms with van der Waals surface area (Å²) in [4.78, 5) is 8.59. The van der Waals surface area contributed by atoms with Crippen LogP contribution >= 0.6 is 12.4 Å². The molecule has 0 spiro atoms. The van der Waals surface area contributed by atoms with Gasteiger partial charge in [-0.15, -0.1) is 18.8 Å². The standard InChI is InChI=1S/C20H19N3O4.ClH/c1-2-14-3-5-15(6-4-14)23-20-16-11-18(26-9-7-24)19(27-10-8-25)12-17(16)21-13-22-20;/h1,3-6,11-13,24-25H,7-10H2,(H,21,22,23);1H. The summed E-state index contributed by atoms with van der Waals surface area (Å²) >= 11 is 0. The number of hydrogen-bond acceptors (Lipinski definition) is 7. The fraction of sp³-hybridized carbons (Fsp3) is 0.200. The second kappa shape index (κ2) is 10.3. The molecule has 0 aliphatic heterocycles. The van der Waals surface area contributed by atoms with Crippen LogP contribution in [0.5, 0.6) is 11.5 Å². The van der Waals surface area contributed by atoms with Crippen LogP contribution in [0.2, 0.25) is 0 Å². The lowest BCUT2D eigenvalue weighted by molar-refractivity contribution is 0.178. The van der Waals surface area contributed by atoms with Crippen LogP contribution in [0.1, 0.15) is 5.56 Å². The molecule has 8 heteroatoms. The summed E-state index contributed by atoms with van der Waals surface area (Å²) in [6, 6.07) is 10.9. The maximum atomic E-state index is 9.04. The highest BCUT2D eigenvalue weighted by atomic mass is 35.5. The van der Waals surface area contributed by atoms with Gasteiger partial charge in [-0.25, -0.2) is 9.97 Å². The van der Waals surface area contributed by atoms with Gasteiger partial charge in [0.05, 0.1) is 18.7 Å². The summed E-state index contributed by atoms with van der Waals surface area (Å²) in [7, 11) is 0.